The number of Topliss-reactive ketones (excluding diaryl/α,β-unsaturated/α-hetero) is 1. The molecule has 0 spiro atoms. The topological polar surface area (TPSA) is 32.3 Å². The van der Waals surface area contributed by atoms with E-state index in [1.54, 1.807) is 6.07 Å². The average molecular weight is 425 g/mol. The van der Waals surface area contributed by atoms with Gasteiger partial charge in [-0.1, -0.05) is 24.6 Å². The van der Waals surface area contributed by atoms with Gasteiger partial charge in [0.25, 0.3) is 0 Å². The molecule has 1 saturated heterocycles. The van der Waals surface area contributed by atoms with Crippen LogP contribution in [0.2, 0.25) is 0 Å². The fourth-order valence-corrected chi connectivity index (χ4v) is 4.52. The van der Waals surface area contributed by atoms with Gasteiger partial charge in [0.1, 0.15) is 11.6 Å². The van der Waals surface area contributed by atoms with Crippen LogP contribution in [0.3, 0.4) is 0 Å². The van der Waals surface area contributed by atoms with E-state index in [1.165, 1.54) is 42.7 Å². The van der Waals surface area contributed by atoms with Crippen molar-refractivity contribution in [1.82, 2.24) is 10.2 Å². The smallest absolute Gasteiger partial charge is 0.191 e. The molecule has 164 valence electrons. The van der Waals surface area contributed by atoms with Gasteiger partial charge in [-0.2, -0.15) is 0 Å². The Bertz CT molecular complexity index is 931. The number of carbonyl (C=O) groups is 1. The predicted octanol–water partition coefficient (Wildman–Crippen LogP) is 5.05. The van der Waals surface area contributed by atoms with E-state index in [2.05, 4.69) is 10.2 Å². The van der Waals surface area contributed by atoms with Crippen molar-refractivity contribution < 1.29 is 13.6 Å². The molecule has 1 aliphatic carbocycles. The van der Waals surface area contributed by atoms with E-state index < -0.39 is 0 Å². The van der Waals surface area contributed by atoms with Gasteiger partial charge in [-0.05, 0) is 74.0 Å². The Morgan fingerprint density at radius 1 is 0.968 bits per heavy atom. The number of fused-ring (bicyclic) bond motifs is 1. The number of hydrogen-bond donors (Lipinski definition) is 1. The number of piperidine rings is 1. The van der Waals surface area contributed by atoms with Gasteiger partial charge in [0.15, 0.2) is 5.78 Å². The summed E-state index contributed by atoms with van der Waals surface area (Å²) in [5.74, 6) is -0.586. The van der Waals surface area contributed by atoms with Crippen LogP contribution in [0.4, 0.5) is 8.78 Å². The van der Waals surface area contributed by atoms with Crippen molar-refractivity contribution in [3.63, 3.8) is 0 Å². The molecule has 1 N–H and O–H groups in total. The number of benzene rings is 2. The third-order valence-electron chi connectivity index (χ3n) is 6.42. The van der Waals surface area contributed by atoms with Crippen molar-refractivity contribution >= 4 is 5.78 Å². The standard InChI is InChI=1S/C26H30F2N2O/c27-22-8-5-19(6-9-22)4-2-1-3-13-30-14-11-24(12-15-30)29-18-21-16-20-7-10-23(28)17-25(20)26(21)31/h5-10,17-18,24,29H,1-4,11-16H2/b21-18+. The molecular formula is C26H30F2N2O. The summed E-state index contributed by atoms with van der Waals surface area (Å²) in [4.78, 5) is 15.0. The van der Waals surface area contributed by atoms with E-state index in [0.717, 1.165) is 56.5 Å². The molecule has 1 fully saturated rings. The fraction of sp³-hybridized carbons (Fsp3) is 0.423. The highest BCUT2D eigenvalue weighted by Gasteiger charge is 2.26. The summed E-state index contributed by atoms with van der Waals surface area (Å²) in [6.07, 6.45) is 9.09. The molecule has 2 aromatic rings. The largest absolute Gasteiger partial charge is 0.388 e. The quantitative estimate of drug-likeness (QED) is 0.475. The minimum Gasteiger partial charge on any atom is -0.388 e. The van der Waals surface area contributed by atoms with Gasteiger partial charge in [-0.15, -0.1) is 0 Å². The molecular weight excluding hydrogens is 394 g/mol. The highest BCUT2D eigenvalue weighted by atomic mass is 19.1. The van der Waals surface area contributed by atoms with Crippen LogP contribution in [-0.2, 0) is 12.8 Å². The number of likely N-dealkylation sites (tertiary alicyclic amines) is 1. The molecule has 0 saturated carbocycles. The zero-order chi connectivity index (χ0) is 21.6. The van der Waals surface area contributed by atoms with E-state index in [9.17, 15) is 13.6 Å². The Morgan fingerprint density at radius 2 is 1.71 bits per heavy atom. The maximum Gasteiger partial charge on any atom is 0.191 e. The first-order valence-corrected chi connectivity index (χ1v) is 11.3. The van der Waals surface area contributed by atoms with E-state index in [1.807, 2.05) is 18.3 Å². The molecule has 3 nitrogen and oxygen atoms in total. The van der Waals surface area contributed by atoms with Crippen LogP contribution < -0.4 is 5.32 Å². The van der Waals surface area contributed by atoms with Gasteiger partial charge >= 0.3 is 0 Å². The lowest BCUT2D eigenvalue weighted by molar-refractivity contribution is 0.103. The van der Waals surface area contributed by atoms with Crippen molar-refractivity contribution in [2.24, 2.45) is 0 Å². The second-order valence-electron chi connectivity index (χ2n) is 8.70. The second kappa shape index (κ2) is 10.2. The SMILES string of the molecule is O=C1/C(=C/NC2CCN(CCCCCc3ccc(F)cc3)CC2)Cc2ccc(F)cc21. The van der Waals surface area contributed by atoms with Gasteiger partial charge in [0.05, 0.1) is 0 Å². The van der Waals surface area contributed by atoms with Crippen molar-refractivity contribution in [1.29, 1.82) is 0 Å². The summed E-state index contributed by atoms with van der Waals surface area (Å²) in [5.41, 5.74) is 3.34. The first-order chi connectivity index (χ1) is 15.1. The molecule has 0 unspecified atom stereocenters. The van der Waals surface area contributed by atoms with Crippen LogP contribution >= 0.6 is 0 Å². The Morgan fingerprint density at radius 3 is 2.48 bits per heavy atom. The third kappa shape index (κ3) is 5.79. The number of nitrogens with one attached hydrogen (secondary N) is 1. The van der Waals surface area contributed by atoms with Crippen LogP contribution in [0.5, 0.6) is 0 Å². The normalized spacial score (nSPS) is 18.5. The lowest BCUT2D eigenvalue weighted by atomic mass is 10.0. The molecule has 2 aromatic carbocycles. The number of ketones is 1. The molecule has 5 heteroatoms. The highest BCUT2D eigenvalue weighted by molar-refractivity contribution is 6.13. The molecule has 2 aliphatic rings. The van der Waals surface area contributed by atoms with Crippen LogP contribution in [0.1, 0.15) is 53.6 Å². The number of nitrogens with zero attached hydrogens (tertiary/aromatic N) is 1. The fourth-order valence-electron chi connectivity index (χ4n) is 4.52. The summed E-state index contributed by atoms with van der Waals surface area (Å²) in [6.45, 7) is 3.26. The number of allylic oxidation sites excluding steroid dienone is 1. The molecule has 1 aliphatic heterocycles. The lowest BCUT2D eigenvalue weighted by Crippen LogP contribution is -2.41. The van der Waals surface area contributed by atoms with E-state index in [4.69, 9.17) is 0 Å². The summed E-state index contributed by atoms with van der Waals surface area (Å²) >= 11 is 0. The minimum absolute atomic E-state index is 0.0555. The number of carbonyl (C=O) groups excluding carboxylic acids is 1. The summed E-state index contributed by atoms with van der Waals surface area (Å²) < 4.78 is 26.3. The Hall–Kier alpha value is -2.53. The first kappa shape index (κ1) is 21.7. The van der Waals surface area contributed by atoms with Gasteiger partial charge in [-0.3, -0.25) is 4.79 Å². The molecule has 31 heavy (non-hydrogen) atoms. The monoisotopic (exact) mass is 424 g/mol. The van der Waals surface area contributed by atoms with Gasteiger partial charge in [-0.25, -0.2) is 8.78 Å². The minimum atomic E-state index is -0.357. The van der Waals surface area contributed by atoms with Crippen molar-refractivity contribution in [3.8, 4) is 0 Å². The van der Waals surface area contributed by atoms with Crippen LogP contribution in [0, 0.1) is 11.6 Å². The molecule has 0 atom stereocenters. The number of rotatable bonds is 8. The molecule has 1 heterocycles. The second-order valence-corrected chi connectivity index (χ2v) is 8.70. The van der Waals surface area contributed by atoms with Gasteiger partial charge in [0, 0.05) is 42.9 Å². The maximum atomic E-state index is 13.4. The summed E-state index contributed by atoms with van der Waals surface area (Å²) in [5, 5.41) is 3.43. The number of aryl methyl sites for hydroxylation is 1. The zero-order valence-corrected chi connectivity index (χ0v) is 17.9. The maximum absolute atomic E-state index is 13.4. The Labute approximate surface area is 183 Å². The lowest BCUT2D eigenvalue weighted by Gasteiger charge is -2.32. The third-order valence-corrected chi connectivity index (χ3v) is 6.42. The van der Waals surface area contributed by atoms with E-state index in [-0.39, 0.29) is 17.4 Å². The van der Waals surface area contributed by atoms with Crippen molar-refractivity contribution in [2.75, 3.05) is 19.6 Å². The zero-order valence-electron chi connectivity index (χ0n) is 17.9. The van der Waals surface area contributed by atoms with Crippen molar-refractivity contribution in [3.05, 3.63) is 82.6 Å². The number of hydrogen-bond acceptors (Lipinski definition) is 3. The average Bonchev–Trinajstić information content (AvgIpc) is 3.09. The Kier molecular flexibility index (Phi) is 7.13. The summed E-state index contributed by atoms with van der Waals surface area (Å²) in [6, 6.07) is 11.7. The van der Waals surface area contributed by atoms with E-state index in [0.29, 0.717) is 18.0 Å². The molecule has 0 bridgehead atoms. The van der Waals surface area contributed by atoms with Crippen LogP contribution in [-0.4, -0.2) is 36.4 Å². The first-order valence-electron chi connectivity index (χ1n) is 11.3. The molecule has 0 radical (unpaired) electrons. The summed E-state index contributed by atoms with van der Waals surface area (Å²) in [7, 11) is 0. The van der Waals surface area contributed by atoms with Gasteiger partial charge in [0.2, 0.25) is 0 Å². The van der Waals surface area contributed by atoms with E-state index >= 15 is 0 Å². The molecule has 0 aromatic heterocycles. The predicted molar refractivity (Wildman–Crippen MR) is 119 cm³/mol. The molecule has 0 amide bonds. The number of halogens is 2. The van der Waals surface area contributed by atoms with Gasteiger partial charge < -0.3 is 10.2 Å². The molecule has 4 rings (SSSR count). The Balaban J connectivity index is 1.12. The van der Waals surface area contributed by atoms with Crippen LogP contribution in [0.15, 0.2) is 54.2 Å². The number of unbranched alkanes of at least 4 members (excludes halogenated alkanes) is 2. The van der Waals surface area contributed by atoms with Crippen molar-refractivity contribution in [2.45, 2.75) is 51.0 Å². The van der Waals surface area contributed by atoms with Crippen LogP contribution in [0.25, 0.3) is 0 Å². The highest BCUT2D eigenvalue weighted by Crippen LogP contribution is 2.26.